The number of urea groups is 1. The Bertz CT molecular complexity index is 1230. The predicted octanol–water partition coefficient (Wildman–Crippen LogP) is 6.10. The first-order chi connectivity index (χ1) is 16.7. The number of likely N-dealkylation sites (tertiary alicyclic amines) is 1. The maximum absolute atomic E-state index is 14.1. The molecule has 6 nitrogen and oxygen atoms in total. The number of phenols is 1. The highest BCUT2D eigenvalue weighted by Crippen LogP contribution is 2.29. The summed E-state index contributed by atoms with van der Waals surface area (Å²) in [5.41, 5.74) is 2.70. The Kier molecular flexibility index (Phi) is 7.00. The number of carbonyl (C=O) groups excluding carboxylic acids is 2. The summed E-state index contributed by atoms with van der Waals surface area (Å²) in [4.78, 5) is 27.3. The minimum Gasteiger partial charge on any atom is -0.505 e. The van der Waals surface area contributed by atoms with Gasteiger partial charge in [0.15, 0.2) is 11.6 Å². The van der Waals surface area contributed by atoms with Crippen LogP contribution >= 0.6 is 0 Å². The Balaban J connectivity index is 1.40. The van der Waals surface area contributed by atoms with E-state index in [2.05, 4.69) is 24.5 Å². The molecule has 0 aromatic heterocycles. The molecule has 35 heavy (non-hydrogen) atoms. The van der Waals surface area contributed by atoms with Crippen LogP contribution in [0.5, 0.6) is 5.75 Å². The van der Waals surface area contributed by atoms with Crippen molar-refractivity contribution in [2.75, 3.05) is 17.2 Å². The second kappa shape index (κ2) is 10.1. The molecule has 182 valence electrons. The van der Waals surface area contributed by atoms with Crippen molar-refractivity contribution < 1.29 is 23.5 Å². The molecule has 3 aromatic rings. The smallest absolute Gasteiger partial charge is 0.322 e. The van der Waals surface area contributed by atoms with Gasteiger partial charge in [-0.05, 0) is 60.2 Å². The van der Waals surface area contributed by atoms with E-state index in [1.165, 1.54) is 10.5 Å². The van der Waals surface area contributed by atoms with Gasteiger partial charge < -0.3 is 20.6 Å². The summed E-state index contributed by atoms with van der Waals surface area (Å²) >= 11 is 0. The average Bonchev–Trinajstić information content (AvgIpc) is 3.33. The molecule has 0 aliphatic carbocycles. The maximum atomic E-state index is 14.1. The van der Waals surface area contributed by atoms with Gasteiger partial charge in [-0.25, -0.2) is 13.6 Å². The van der Waals surface area contributed by atoms with E-state index in [9.17, 15) is 23.5 Å². The highest BCUT2D eigenvalue weighted by molar-refractivity contribution is 5.99. The quantitative estimate of drug-likeness (QED) is 0.414. The van der Waals surface area contributed by atoms with Crippen molar-refractivity contribution in [1.82, 2.24) is 4.90 Å². The molecule has 0 saturated carbocycles. The monoisotopic (exact) mass is 479 g/mol. The molecule has 1 fully saturated rings. The van der Waals surface area contributed by atoms with Gasteiger partial charge in [-0.3, -0.25) is 4.79 Å². The van der Waals surface area contributed by atoms with Crippen LogP contribution in [0.25, 0.3) is 11.1 Å². The van der Waals surface area contributed by atoms with E-state index in [0.717, 1.165) is 12.1 Å². The zero-order valence-corrected chi connectivity index (χ0v) is 19.5. The Morgan fingerprint density at radius 2 is 1.57 bits per heavy atom. The number of carbonyl (C=O) groups is 2. The van der Waals surface area contributed by atoms with Gasteiger partial charge in [-0.15, -0.1) is 0 Å². The molecule has 4 rings (SSSR count). The van der Waals surface area contributed by atoms with Crippen LogP contribution < -0.4 is 10.6 Å². The van der Waals surface area contributed by atoms with Crippen LogP contribution in [0.2, 0.25) is 0 Å². The molecule has 3 aromatic carbocycles. The number of benzene rings is 3. The van der Waals surface area contributed by atoms with Crippen molar-refractivity contribution in [3.8, 4) is 16.9 Å². The summed E-state index contributed by atoms with van der Waals surface area (Å²) < 4.78 is 27.8. The zero-order chi connectivity index (χ0) is 25.1. The first kappa shape index (κ1) is 24.2. The number of aromatic hydroxyl groups is 1. The summed E-state index contributed by atoms with van der Waals surface area (Å²) in [5.74, 6) is -2.36. The predicted molar refractivity (Wildman–Crippen MR) is 131 cm³/mol. The number of phenolic OH excluding ortho intramolecular Hbond substituents is 1. The molecule has 0 bridgehead atoms. The molecule has 0 radical (unpaired) electrons. The maximum Gasteiger partial charge on any atom is 0.322 e. The fourth-order valence-corrected chi connectivity index (χ4v) is 4.15. The molecule has 1 aliphatic rings. The summed E-state index contributed by atoms with van der Waals surface area (Å²) in [6.45, 7) is 4.67. The number of hydrogen-bond donors (Lipinski definition) is 3. The lowest BCUT2D eigenvalue weighted by Crippen LogP contribution is -2.45. The number of hydrogen-bond acceptors (Lipinski definition) is 3. The second-order valence-electron chi connectivity index (χ2n) is 8.91. The minimum absolute atomic E-state index is 0.00163. The van der Waals surface area contributed by atoms with E-state index >= 15 is 0 Å². The normalized spacial score (nSPS) is 15.3. The zero-order valence-electron chi connectivity index (χ0n) is 19.5. The molecule has 3 amide bonds. The lowest BCUT2D eigenvalue weighted by molar-refractivity contribution is -0.119. The van der Waals surface area contributed by atoms with Crippen molar-refractivity contribution >= 4 is 23.3 Å². The van der Waals surface area contributed by atoms with Crippen molar-refractivity contribution in [2.24, 2.45) is 0 Å². The highest BCUT2D eigenvalue weighted by atomic mass is 19.1. The largest absolute Gasteiger partial charge is 0.505 e. The first-order valence-corrected chi connectivity index (χ1v) is 11.5. The Morgan fingerprint density at radius 3 is 2.23 bits per heavy atom. The fraction of sp³-hybridized carbons (Fsp3) is 0.259. The van der Waals surface area contributed by atoms with Crippen LogP contribution in [-0.2, 0) is 4.79 Å². The Morgan fingerprint density at radius 1 is 0.943 bits per heavy atom. The molecule has 1 atom stereocenters. The molecule has 8 heteroatoms. The van der Waals surface area contributed by atoms with E-state index < -0.39 is 23.4 Å². The topological polar surface area (TPSA) is 81.7 Å². The lowest BCUT2D eigenvalue weighted by Gasteiger charge is -2.24. The number of halogens is 2. The molecule has 3 N–H and O–H groups in total. The summed E-state index contributed by atoms with van der Waals surface area (Å²) in [6.07, 6.45) is 1.25. The standard InChI is InChI=1S/C27H27F2N3O3/c1-16(2)17-5-9-20(10-6-17)31-27(35)32-13-3-4-24(32)26(34)30-19-11-7-18(8-12-19)21-14-23(29)25(33)15-22(21)28/h5-12,14-16,24,33H,3-4,13H2,1-2H3,(H,30,34)(H,31,35)/t24-/m1/s1. The van der Waals surface area contributed by atoms with E-state index in [0.29, 0.717) is 42.2 Å². The van der Waals surface area contributed by atoms with Gasteiger partial charge in [0, 0.05) is 29.5 Å². The van der Waals surface area contributed by atoms with Gasteiger partial charge >= 0.3 is 6.03 Å². The van der Waals surface area contributed by atoms with Gasteiger partial charge in [0.1, 0.15) is 11.9 Å². The number of nitrogens with zero attached hydrogens (tertiary/aromatic N) is 1. The average molecular weight is 480 g/mol. The number of amides is 3. The molecule has 1 heterocycles. The molecular weight excluding hydrogens is 452 g/mol. The summed E-state index contributed by atoms with van der Waals surface area (Å²) in [7, 11) is 0. The van der Waals surface area contributed by atoms with Crippen molar-refractivity contribution in [2.45, 2.75) is 38.6 Å². The molecule has 0 spiro atoms. The molecule has 1 saturated heterocycles. The molecular formula is C27H27F2N3O3. The van der Waals surface area contributed by atoms with E-state index in [1.54, 1.807) is 24.3 Å². The van der Waals surface area contributed by atoms with E-state index in [-0.39, 0.29) is 17.5 Å². The third-order valence-corrected chi connectivity index (χ3v) is 6.14. The fourth-order valence-electron chi connectivity index (χ4n) is 4.15. The van der Waals surface area contributed by atoms with Crippen LogP contribution in [0.1, 0.15) is 38.2 Å². The first-order valence-electron chi connectivity index (χ1n) is 11.5. The van der Waals surface area contributed by atoms with E-state index in [1.807, 2.05) is 24.3 Å². The highest BCUT2D eigenvalue weighted by Gasteiger charge is 2.34. The summed E-state index contributed by atoms with van der Waals surface area (Å²) in [6, 6.07) is 14.6. The SMILES string of the molecule is CC(C)c1ccc(NC(=O)N2CCC[C@@H]2C(=O)Nc2ccc(-c3cc(F)c(O)cc3F)cc2)cc1. The third kappa shape index (κ3) is 5.42. The number of rotatable bonds is 5. The van der Waals surface area contributed by atoms with Gasteiger partial charge in [0.25, 0.3) is 0 Å². The van der Waals surface area contributed by atoms with Crippen LogP contribution in [0.3, 0.4) is 0 Å². The van der Waals surface area contributed by atoms with E-state index in [4.69, 9.17) is 0 Å². The van der Waals surface area contributed by atoms with Crippen LogP contribution in [0.4, 0.5) is 25.0 Å². The van der Waals surface area contributed by atoms with Crippen LogP contribution in [0.15, 0.2) is 60.7 Å². The van der Waals surface area contributed by atoms with Gasteiger partial charge in [0.05, 0.1) is 0 Å². The summed E-state index contributed by atoms with van der Waals surface area (Å²) in [5, 5.41) is 15.0. The van der Waals surface area contributed by atoms with Crippen LogP contribution in [0, 0.1) is 11.6 Å². The molecule has 1 aliphatic heterocycles. The second-order valence-corrected chi connectivity index (χ2v) is 8.91. The number of anilines is 2. The van der Waals surface area contributed by atoms with Gasteiger partial charge in [0.2, 0.25) is 5.91 Å². The van der Waals surface area contributed by atoms with Crippen molar-refractivity contribution in [3.05, 3.63) is 77.9 Å². The lowest BCUT2D eigenvalue weighted by atomic mass is 10.0. The minimum atomic E-state index is -0.922. The van der Waals surface area contributed by atoms with Crippen molar-refractivity contribution in [1.29, 1.82) is 0 Å². The Hall–Kier alpha value is -3.94. The van der Waals surface area contributed by atoms with Crippen molar-refractivity contribution in [3.63, 3.8) is 0 Å². The van der Waals surface area contributed by atoms with Crippen LogP contribution in [-0.4, -0.2) is 34.5 Å². The molecule has 0 unspecified atom stereocenters. The van der Waals surface area contributed by atoms with Gasteiger partial charge in [-0.1, -0.05) is 38.1 Å². The third-order valence-electron chi connectivity index (χ3n) is 6.14. The van der Waals surface area contributed by atoms with Gasteiger partial charge in [-0.2, -0.15) is 0 Å². The Labute approximate surface area is 202 Å². The number of nitrogens with one attached hydrogen (secondary N) is 2.